The quantitative estimate of drug-likeness (QED) is 0.108. The maximum Gasteiger partial charge on any atom is 0.0547 e. The topological polar surface area (TPSA) is 24.5 Å². The van der Waals surface area contributed by atoms with Crippen LogP contribution in [0.2, 0.25) is 0 Å². The van der Waals surface area contributed by atoms with Crippen LogP contribution in [0.5, 0.6) is 0 Å². The molecule has 0 saturated carbocycles. The molecule has 6 nitrogen and oxygen atoms in total. The van der Waals surface area contributed by atoms with Crippen molar-refractivity contribution >= 4 is 181 Å². The molecule has 0 aliphatic carbocycles. The zero-order valence-corrected chi connectivity index (χ0v) is 72.3. The van der Waals surface area contributed by atoms with Crippen LogP contribution in [0.3, 0.4) is 0 Å². The zero-order chi connectivity index (χ0) is 87.4. The number of para-hydroxylation sites is 7. The summed E-state index contributed by atoms with van der Waals surface area (Å²) in [6.07, 6.45) is 0. The number of hydrogen-bond acceptors (Lipinski definition) is 3. The predicted octanol–water partition coefficient (Wildman–Crippen LogP) is 35.0. The minimum Gasteiger partial charge on any atom is -0.310 e. The second-order valence-corrected chi connectivity index (χ2v) is 33.9. The van der Waals surface area contributed by atoms with Gasteiger partial charge in [0.1, 0.15) is 0 Å². The van der Waals surface area contributed by atoms with E-state index in [2.05, 4.69) is 550 Å². The molecule has 0 bridgehead atoms. The van der Waals surface area contributed by atoms with Crippen LogP contribution >= 0.6 is 0 Å². The molecule has 0 N–H and O–H groups in total. The van der Waals surface area contributed by atoms with Gasteiger partial charge in [0.2, 0.25) is 0 Å². The largest absolute Gasteiger partial charge is 0.310 e. The van der Waals surface area contributed by atoms with Crippen molar-refractivity contribution < 1.29 is 0 Å². The highest BCUT2D eigenvalue weighted by atomic mass is 15.2. The van der Waals surface area contributed by atoms with Gasteiger partial charge in [-0.2, -0.15) is 0 Å². The Labute approximate surface area is 765 Å². The standard InChI is InChI=1S/C46H32N2.C42H28N2.C38H26N2/c1-4-14-33(15-5-1)35-18-12-22-39(30-35)47(40-23-13-19-36(31-40)34-16-6-2-7-17-34)41-27-28-42-37(32-41)26-29-45-46(42)43-24-10-11-25-44(43)48(45)38-20-8-3-9-21-38;1-2-16-32(17-3-1)43-40-21-9-8-19-37(40)42-36-20-11-23-39(35(36)26-27-41(42)43)44(33-25-24-29-12-4-5-14-31(29)28-33)38-22-10-15-30-13-6-7-18-34(30)38;1-3-13-30(14-4-1)39(31-15-5-2-6-16-31)33-23-20-28-21-24-37-38(35(28)26-33)34-17-9-10-18-36(34)40(37)32-22-19-27-11-7-8-12-29(27)25-32/h1-32H;1-28H;1-26H. The molecular weight excluding hydrogens is 1600 g/mol. The van der Waals surface area contributed by atoms with Crippen molar-refractivity contribution in [1.82, 2.24) is 13.7 Å². The fraction of sp³-hybridized carbons (Fsp3) is 0. The fourth-order valence-electron chi connectivity index (χ4n) is 20.2. The Balaban J connectivity index is 0.000000110. The third-order valence-electron chi connectivity index (χ3n) is 26.2. The maximum atomic E-state index is 2.44. The minimum atomic E-state index is 1.11. The average molecular weight is 1680 g/mol. The van der Waals surface area contributed by atoms with Crippen molar-refractivity contribution in [3.8, 4) is 39.3 Å². The molecule has 6 heteroatoms. The van der Waals surface area contributed by atoms with E-state index >= 15 is 0 Å². The van der Waals surface area contributed by atoms with Gasteiger partial charge in [-0.25, -0.2) is 0 Å². The highest BCUT2D eigenvalue weighted by Gasteiger charge is 2.25. The van der Waals surface area contributed by atoms with E-state index in [4.69, 9.17) is 0 Å². The Bertz CT molecular complexity index is 8720. The van der Waals surface area contributed by atoms with E-state index in [-0.39, 0.29) is 0 Å². The second-order valence-electron chi connectivity index (χ2n) is 33.9. The molecule has 0 unspecified atom stereocenters. The van der Waals surface area contributed by atoms with Gasteiger partial charge in [0.05, 0.1) is 44.5 Å². The molecule has 23 aromatic carbocycles. The summed E-state index contributed by atoms with van der Waals surface area (Å²) >= 11 is 0. The lowest BCUT2D eigenvalue weighted by Crippen LogP contribution is -2.11. The first kappa shape index (κ1) is 77.9. The number of aromatic nitrogens is 3. The van der Waals surface area contributed by atoms with Crippen molar-refractivity contribution in [2.75, 3.05) is 14.7 Å². The van der Waals surface area contributed by atoms with Crippen LogP contribution in [0.25, 0.3) is 169 Å². The van der Waals surface area contributed by atoms with Gasteiger partial charge in [0, 0.05) is 100.0 Å². The molecule has 0 aliphatic rings. The smallest absolute Gasteiger partial charge is 0.0547 e. The van der Waals surface area contributed by atoms with Crippen molar-refractivity contribution in [2.45, 2.75) is 0 Å². The van der Waals surface area contributed by atoms with Gasteiger partial charge < -0.3 is 28.4 Å². The number of anilines is 9. The first-order valence-electron chi connectivity index (χ1n) is 45.3. The number of benzene rings is 23. The van der Waals surface area contributed by atoms with Crippen molar-refractivity contribution in [3.63, 3.8) is 0 Å². The molecule has 0 saturated heterocycles. The lowest BCUT2D eigenvalue weighted by Gasteiger charge is -2.28. The predicted molar refractivity (Wildman–Crippen MR) is 562 cm³/mol. The molecule has 3 aromatic heterocycles. The number of rotatable bonds is 14. The van der Waals surface area contributed by atoms with Gasteiger partial charge in [-0.15, -0.1) is 0 Å². The van der Waals surface area contributed by atoms with Crippen LogP contribution in [0, 0.1) is 0 Å². The number of fused-ring (bicyclic) bond motifs is 18. The fourth-order valence-corrected chi connectivity index (χ4v) is 20.2. The van der Waals surface area contributed by atoms with Crippen LogP contribution in [-0.2, 0) is 0 Å². The molecule has 0 radical (unpaired) electrons. The van der Waals surface area contributed by atoms with Crippen molar-refractivity contribution in [3.05, 3.63) is 522 Å². The van der Waals surface area contributed by atoms with E-state index in [1.807, 2.05) is 0 Å². The lowest BCUT2D eigenvalue weighted by molar-refractivity contribution is 1.18. The first-order valence-corrected chi connectivity index (χ1v) is 45.3. The molecule has 26 aromatic rings. The molecule has 132 heavy (non-hydrogen) atoms. The molecule has 0 fully saturated rings. The Morgan fingerprint density at radius 1 is 0.129 bits per heavy atom. The summed E-state index contributed by atoms with van der Waals surface area (Å²) in [7, 11) is 0. The molecule has 26 rings (SSSR count). The lowest BCUT2D eigenvalue weighted by atomic mass is 10.00. The molecule has 0 amide bonds. The summed E-state index contributed by atoms with van der Waals surface area (Å²) in [4.78, 5) is 7.16. The summed E-state index contributed by atoms with van der Waals surface area (Å²) in [5.41, 5.74) is 25.8. The first-order chi connectivity index (χ1) is 65.5. The van der Waals surface area contributed by atoms with Gasteiger partial charge in [-0.05, 0) is 246 Å². The molecule has 620 valence electrons. The van der Waals surface area contributed by atoms with Crippen LogP contribution in [-0.4, -0.2) is 13.7 Å². The number of nitrogens with zero attached hydrogens (tertiary/aromatic N) is 6. The van der Waals surface area contributed by atoms with Gasteiger partial charge in [0.15, 0.2) is 0 Å². The van der Waals surface area contributed by atoms with E-state index in [0.29, 0.717) is 0 Å². The second kappa shape index (κ2) is 33.6. The van der Waals surface area contributed by atoms with E-state index in [1.54, 1.807) is 0 Å². The Hall–Kier alpha value is -17.6. The van der Waals surface area contributed by atoms with Gasteiger partial charge in [-0.1, -0.05) is 352 Å². The molecule has 0 aliphatic heterocycles. The van der Waals surface area contributed by atoms with E-state index in [9.17, 15) is 0 Å². The van der Waals surface area contributed by atoms with Crippen LogP contribution in [0.15, 0.2) is 522 Å². The van der Waals surface area contributed by atoms with Crippen molar-refractivity contribution in [1.29, 1.82) is 0 Å². The third-order valence-corrected chi connectivity index (χ3v) is 26.2. The average Bonchev–Trinajstić information content (AvgIpc) is 1.59. The maximum absolute atomic E-state index is 2.44. The van der Waals surface area contributed by atoms with Gasteiger partial charge >= 0.3 is 0 Å². The summed E-state index contributed by atoms with van der Waals surface area (Å²) in [5.74, 6) is 0. The third kappa shape index (κ3) is 14.0. The Morgan fingerprint density at radius 2 is 0.447 bits per heavy atom. The number of hydrogen-bond donors (Lipinski definition) is 0. The van der Waals surface area contributed by atoms with Gasteiger partial charge in [-0.3, -0.25) is 0 Å². The molecular formula is C126H86N6. The molecule has 0 atom stereocenters. The highest BCUT2D eigenvalue weighted by Crippen LogP contribution is 2.49. The van der Waals surface area contributed by atoms with Crippen LogP contribution in [0.4, 0.5) is 51.2 Å². The Kier molecular flexibility index (Phi) is 19.9. The van der Waals surface area contributed by atoms with Crippen molar-refractivity contribution in [2.24, 2.45) is 0 Å². The Morgan fingerprint density at radius 3 is 1.01 bits per heavy atom. The monoisotopic (exact) mass is 1680 g/mol. The van der Waals surface area contributed by atoms with Gasteiger partial charge in [0.25, 0.3) is 0 Å². The molecule has 3 heterocycles. The van der Waals surface area contributed by atoms with E-state index < -0.39 is 0 Å². The minimum absolute atomic E-state index is 1.11. The highest BCUT2D eigenvalue weighted by molar-refractivity contribution is 6.26. The molecule has 0 spiro atoms. The zero-order valence-electron chi connectivity index (χ0n) is 72.3. The summed E-state index contributed by atoms with van der Waals surface area (Å²) in [6, 6.07) is 188. The SMILES string of the molecule is c1ccc(-c2cccc(N(c3cccc(-c4ccccc4)c3)c3ccc4c(ccc5c4c4ccccc4n5-c4ccccc4)c3)c2)cc1.c1ccc(-n2c3ccccc3c3c4cccc(N(c5ccc6ccccc6c5)c5cccc6ccccc56)c4ccc32)cc1.c1ccc(N(c2ccccc2)c2ccc3ccc4c(c3c2)c2ccccc2n4-c2ccc3ccccc3c2)cc1. The van der Waals surface area contributed by atoms with Crippen LogP contribution in [0.1, 0.15) is 0 Å². The summed E-state index contributed by atoms with van der Waals surface area (Å²) < 4.78 is 7.19. The van der Waals surface area contributed by atoms with Crippen LogP contribution < -0.4 is 14.7 Å². The summed E-state index contributed by atoms with van der Waals surface area (Å²) in [5, 5.41) is 22.4. The normalized spacial score (nSPS) is 11.5. The van der Waals surface area contributed by atoms with E-state index in [1.165, 1.54) is 169 Å². The van der Waals surface area contributed by atoms with E-state index in [0.717, 1.165) is 51.2 Å². The summed E-state index contributed by atoms with van der Waals surface area (Å²) in [6.45, 7) is 0.